The van der Waals surface area contributed by atoms with E-state index in [1.807, 2.05) is 0 Å². The van der Waals surface area contributed by atoms with Gasteiger partial charge in [-0.05, 0) is 31.4 Å². The number of hydrogen-bond acceptors (Lipinski definition) is 3. The molecule has 4 nitrogen and oxygen atoms in total. The summed E-state index contributed by atoms with van der Waals surface area (Å²) in [4.78, 5) is 0. The van der Waals surface area contributed by atoms with E-state index in [4.69, 9.17) is 16.0 Å². The molecule has 6 heteroatoms. The maximum atomic E-state index is 12.1. The molecule has 0 spiro atoms. The number of alkyl halides is 1. The number of halogens is 1. The Hall–Kier alpha value is -0.520. The summed E-state index contributed by atoms with van der Waals surface area (Å²) >= 11 is 5.55. The summed E-state index contributed by atoms with van der Waals surface area (Å²) in [6, 6.07) is 3.72. The lowest BCUT2D eigenvalue weighted by Crippen LogP contribution is -2.34. The second-order valence-electron chi connectivity index (χ2n) is 4.21. The van der Waals surface area contributed by atoms with Gasteiger partial charge in [-0.25, -0.2) is 8.42 Å². The van der Waals surface area contributed by atoms with Crippen molar-refractivity contribution >= 4 is 21.6 Å². The average Bonchev–Trinajstić information content (AvgIpc) is 3.00. The highest BCUT2D eigenvalue weighted by Gasteiger charge is 2.37. The first-order valence-electron chi connectivity index (χ1n) is 5.71. The Morgan fingerprint density at radius 1 is 1.47 bits per heavy atom. The van der Waals surface area contributed by atoms with Gasteiger partial charge in [0.15, 0.2) is 0 Å². The minimum atomic E-state index is -3.21. The number of nitrogens with zero attached hydrogens (tertiary/aromatic N) is 1. The van der Waals surface area contributed by atoms with E-state index in [1.54, 1.807) is 22.7 Å². The smallest absolute Gasteiger partial charge is 0.214 e. The van der Waals surface area contributed by atoms with Crippen molar-refractivity contribution in [3.63, 3.8) is 0 Å². The second-order valence-corrected chi connectivity index (χ2v) is 6.63. The fourth-order valence-corrected chi connectivity index (χ4v) is 3.75. The molecular formula is C11H16ClNO3S. The lowest BCUT2D eigenvalue weighted by Gasteiger charge is -2.20. The van der Waals surface area contributed by atoms with Crippen LogP contribution in [0.4, 0.5) is 0 Å². The maximum absolute atomic E-state index is 12.1. The summed E-state index contributed by atoms with van der Waals surface area (Å²) in [5.74, 6) is 1.18. The first kappa shape index (κ1) is 12.9. The molecule has 1 aromatic rings. The van der Waals surface area contributed by atoms with Gasteiger partial charge >= 0.3 is 0 Å². The minimum absolute atomic E-state index is 0.119. The highest BCUT2D eigenvalue weighted by molar-refractivity contribution is 7.89. The Morgan fingerprint density at radius 2 is 2.24 bits per heavy atom. The first-order chi connectivity index (χ1) is 8.13. The molecule has 0 bridgehead atoms. The first-order valence-corrected chi connectivity index (χ1v) is 7.86. The van der Waals surface area contributed by atoms with Gasteiger partial charge in [0.25, 0.3) is 0 Å². The normalized spacial score (nSPS) is 16.6. The largest absolute Gasteiger partial charge is 0.468 e. The second kappa shape index (κ2) is 5.42. The van der Waals surface area contributed by atoms with Crippen molar-refractivity contribution in [2.45, 2.75) is 31.8 Å². The molecular weight excluding hydrogens is 262 g/mol. The molecule has 17 heavy (non-hydrogen) atoms. The van der Waals surface area contributed by atoms with Crippen LogP contribution in [-0.4, -0.2) is 30.4 Å². The van der Waals surface area contributed by atoms with E-state index < -0.39 is 10.0 Å². The molecule has 1 saturated carbocycles. The van der Waals surface area contributed by atoms with Crippen LogP contribution in [0.25, 0.3) is 0 Å². The molecule has 96 valence electrons. The van der Waals surface area contributed by atoms with Crippen LogP contribution in [-0.2, 0) is 16.6 Å². The Kier molecular flexibility index (Phi) is 4.12. The molecule has 0 saturated heterocycles. The summed E-state index contributed by atoms with van der Waals surface area (Å²) in [5.41, 5.74) is 0. The van der Waals surface area contributed by atoms with Crippen LogP contribution in [0.1, 0.15) is 25.0 Å². The van der Waals surface area contributed by atoms with E-state index >= 15 is 0 Å². The molecule has 1 fully saturated rings. The zero-order chi connectivity index (χ0) is 12.3. The van der Waals surface area contributed by atoms with Crippen LogP contribution in [0.5, 0.6) is 0 Å². The predicted molar refractivity (Wildman–Crippen MR) is 66.4 cm³/mol. The van der Waals surface area contributed by atoms with Gasteiger partial charge in [-0.15, -0.1) is 11.6 Å². The van der Waals surface area contributed by atoms with Gasteiger partial charge in [0, 0.05) is 11.9 Å². The van der Waals surface area contributed by atoms with Gasteiger partial charge < -0.3 is 4.42 Å². The maximum Gasteiger partial charge on any atom is 0.214 e. The summed E-state index contributed by atoms with van der Waals surface area (Å²) in [6.45, 7) is 0.336. The summed E-state index contributed by atoms with van der Waals surface area (Å²) in [5, 5.41) is 0. The van der Waals surface area contributed by atoms with Crippen LogP contribution in [0, 0.1) is 0 Å². The van der Waals surface area contributed by atoms with Crippen molar-refractivity contribution in [3.8, 4) is 0 Å². The van der Waals surface area contributed by atoms with Crippen LogP contribution in [0.3, 0.4) is 0 Å². The van der Waals surface area contributed by atoms with Crippen molar-refractivity contribution in [1.29, 1.82) is 0 Å². The molecule has 1 heterocycles. The molecule has 1 aliphatic carbocycles. The van der Waals surface area contributed by atoms with Crippen molar-refractivity contribution in [1.82, 2.24) is 4.31 Å². The SMILES string of the molecule is O=S(=O)(CCCCl)N(Cc1ccco1)C1CC1. The van der Waals surface area contributed by atoms with Gasteiger partial charge in [0.05, 0.1) is 18.6 Å². The Labute approximate surface area is 107 Å². The predicted octanol–water partition coefficient (Wildman–Crippen LogP) is 2.20. The van der Waals surface area contributed by atoms with E-state index in [9.17, 15) is 8.42 Å². The molecule has 2 rings (SSSR count). The molecule has 0 amide bonds. The van der Waals surface area contributed by atoms with Crippen LogP contribution in [0.2, 0.25) is 0 Å². The number of rotatable bonds is 7. The van der Waals surface area contributed by atoms with Crippen molar-refractivity contribution in [2.24, 2.45) is 0 Å². The topological polar surface area (TPSA) is 50.5 Å². The van der Waals surface area contributed by atoms with Crippen molar-refractivity contribution < 1.29 is 12.8 Å². The minimum Gasteiger partial charge on any atom is -0.468 e. The quantitative estimate of drug-likeness (QED) is 0.718. The zero-order valence-electron chi connectivity index (χ0n) is 9.51. The van der Waals surface area contributed by atoms with Gasteiger partial charge in [0.2, 0.25) is 10.0 Å². The third-order valence-corrected chi connectivity index (χ3v) is 4.95. The molecule has 0 aromatic carbocycles. The molecule has 1 aromatic heterocycles. The van der Waals surface area contributed by atoms with Crippen molar-refractivity contribution in [3.05, 3.63) is 24.2 Å². The Morgan fingerprint density at radius 3 is 2.76 bits per heavy atom. The monoisotopic (exact) mass is 277 g/mol. The summed E-state index contributed by atoms with van der Waals surface area (Å²) in [7, 11) is -3.21. The summed E-state index contributed by atoms with van der Waals surface area (Å²) in [6.07, 6.45) is 3.94. The standard InChI is InChI=1S/C11H16ClNO3S/c12-6-2-8-17(14,15)13(10-4-5-10)9-11-3-1-7-16-11/h1,3,7,10H,2,4-6,8-9H2. The highest BCUT2D eigenvalue weighted by Crippen LogP contribution is 2.31. The van der Waals surface area contributed by atoms with E-state index in [0.29, 0.717) is 24.6 Å². The molecule has 0 unspecified atom stereocenters. The van der Waals surface area contributed by atoms with E-state index in [2.05, 4.69) is 0 Å². The van der Waals surface area contributed by atoms with Gasteiger partial charge in [-0.2, -0.15) is 4.31 Å². The Bertz CT molecular complexity index is 439. The van der Waals surface area contributed by atoms with Gasteiger partial charge in [0.1, 0.15) is 5.76 Å². The highest BCUT2D eigenvalue weighted by atomic mass is 35.5. The van der Waals surface area contributed by atoms with Crippen LogP contribution < -0.4 is 0 Å². The number of furan rings is 1. The number of sulfonamides is 1. The molecule has 0 radical (unpaired) electrons. The third kappa shape index (κ3) is 3.47. The lowest BCUT2D eigenvalue weighted by molar-refractivity contribution is 0.356. The van der Waals surface area contributed by atoms with Gasteiger partial charge in [-0.1, -0.05) is 0 Å². The van der Waals surface area contributed by atoms with Crippen molar-refractivity contribution in [2.75, 3.05) is 11.6 Å². The average molecular weight is 278 g/mol. The van der Waals surface area contributed by atoms with E-state index in [0.717, 1.165) is 12.8 Å². The Balaban J connectivity index is 2.06. The molecule has 0 aliphatic heterocycles. The van der Waals surface area contributed by atoms with Gasteiger partial charge in [-0.3, -0.25) is 0 Å². The molecule has 0 N–H and O–H groups in total. The third-order valence-electron chi connectivity index (χ3n) is 2.74. The molecule has 0 atom stereocenters. The molecule has 1 aliphatic rings. The lowest BCUT2D eigenvalue weighted by atomic mass is 10.4. The summed E-state index contributed by atoms with van der Waals surface area (Å²) < 4.78 is 31.0. The van der Waals surface area contributed by atoms with E-state index in [-0.39, 0.29) is 11.8 Å². The zero-order valence-corrected chi connectivity index (χ0v) is 11.1. The van der Waals surface area contributed by atoms with Crippen LogP contribution >= 0.6 is 11.6 Å². The fourth-order valence-electron chi connectivity index (χ4n) is 1.73. The fraction of sp³-hybridized carbons (Fsp3) is 0.636. The van der Waals surface area contributed by atoms with Crippen LogP contribution in [0.15, 0.2) is 22.8 Å². The van der Waals surface area contributed by atoms with E-state index in [1.165, 1.54) is 0 Å². The number of hydrogen-bond donors (Lipinski definition) is 0.